The maximum Gasteiger partial charge on any atom is 0.168 e. The third-order valence-corrected chi connectivity index (χ3v) is 7.61. The maximum absolute atomic E-state index is 12.8. The van der Waals surface area contributed by atoms with Gasteiger partial charge >= 0.3 is 0 Å². The van der Waals surface area contributed by atoms with Crippen molar-refractivity contribution >= 4 is 17.1 Å². The molecule has 1 fully saturated rings. The van der Waals surface area contributed by atoms with Gasteiger partial charge in [-0.3, -0.25) is 4.79 Å². The highest BCUT2D eigenvalue weighted by Crippen LogP contribution is 2.32. The highest BCUT2D eigenvalue weighted by molar-refractivity contribution is 7.12. The van der Waals surface area contributed by atoms with E-state index in [0.717, 1.165) is 43.4 Å². The lowest BCUT2D eigenvalue weighted by Crippen LogP contribution is -2.44. The molecule has 4 atom stereocenters. The molecule has 2 N–H and O–H groups in total. The molecule has 4 rings (SSSR count). The molecule has 1 unspecified atom stereocenters. The number of unbranched alkanes of at least 4 members (excludes halogenated alkanes) is 1. The third kappa shape index (κ3) is 4.79. The fraction of sp³-hybridized carbons (Fsp3) is 0.560. The average molecular weight is 428 g/mol. The second kappa shape index (κ2) is 9.63. The van der Waals surface area contributed by atoms with E-state index < -0.39 is 6.10 Å². The molecule has 30 heavy (non-hydrogen) atoms. The van der Waals surface area contributed by atoms with Crippen LogP contribution >= 0.6 is 11.3 Å². The average Bonchev–Trinajstić information content (AvgIpc) is 3.30. The zero-order valence-corrected chi connectivity index (χ0v) is 18.8. The summed E-state index contributed by atoms with van der Waals surface area (Å²) in [7, 11) is 0. The molecule has 0 saturated heterocycles. The van der Waals surface area contributed by atoms with Gasteiger partial charge < -0.3 is 15.2 Å². The Morgan fingerprint density at radius 3 is 2.77 bits per heavy atom. The molecule has 5 heteroatoms. The lowest BCUT2D eigenvalue weighted by Gasteiger charge is -2.25. The minimum absolute atomic E-state index is 0.00864. The Morgan fingerprint density at radius 1 is 1.20 bits per heavy atom. The topological polar surface area (TPSA) is 58.6 Å². The first-order chi connectivity index (χ1) is 14.5. The van der Waals surface area contributed by atoms with Crippen molar-refractivity contribution in [1.29, 1.82) is 0 Å². The Labute approximate surface area is 183 Å². The number of ether oxygens (including phenoxy) is 1. The number of carbonyl (C=O) groups excluding carboxylic acids is 1. The minimum atomic E-state index is -0.553. The van der Waals surface area contributed by atoms with E-state index in [4.69, 9.17) is 4.74 Å². The summed E-state index contributed by atoms with van der Waals surface area (Å²) in [5, 5.41) is 14.2. The summed E-state index contributed by atoms with van der Waals surface area (Å²) in [6, 6.07) is 10.3. The standard InChI is InChI=1S/C25H33NO3S/c1-3-4-5-17-6-9-19(10-7-17)29-22-12-11-21(25(22)28)26-15-18-8-13-23-20(24(18)27)14-16(2)30-23/h6-7,9-10,14,18,21-22,25-26,28H,3-5,8,11-13,15H2,1-2H3/t18?,21-,22-,25-/m1/s1. The molecule has 1 aromatic carbocycles. The number of aryl methyl sites for hydroxylation is 3. The van der Waals surface area contributed by atoms with Crippen molar-refractivity contribution < 1.29 is 14.6 Å². The highest BCUT2D eigenvalue weighted by atomic mass is 32.1. The number of thiophene rings is 1. The first-order valence-corrected chi connectivity index (χ1v) is 12.2. The van der Waals surface area contributed by atoms with Gasteiger partial charge in [0.05, 0.1) is 0 Å². The van der Waals surface area contributed by atoms with E-state index >= 15 is 0 Å². The van der Waals surface area contributed by atoms with Crippen molar-refractivity contribution in [3.05, 3.63) is 51.2 Å². The van der Waals surface area contributed by atoms with E-state index in [1.807, 2.05) is 18.2 Å². The lowest BCUT2D eigenvalue weighted by molar-refractivity contribution is 0.0441. The van der Waals surface area contributed by atoms with Gasteiger partial charge in [0.25, 0.3) is 0 Å². The number of fused-ring (bicyclic) bond motifs is 1. The maximum atomic E-state index is 12.8. The molecular weight excluding hydrogens is 394 g/mol. The molecule has 1 saturated carbocycles. The fourth-order valence-corrected chi connectivity index (χ4v) is 5.74. The fourth-order valence-electron chi connectivity index (χ4n) is 4.69. The molecule has 162 valence electrons. The summed E-state index contributed by atoms with van der Waals surface area (Å²) in [4.78, 5) is 15.2. The van der Waals surface area contributed by atoms with E-state index in [2.05, 4.69) is 31.3 Å². The number of nitrogens with one attached hydrogen (secondary N) is 1. The van der Waals surface area contributed by atoms with Crippen molar-refractivity contribution in [3.8, 4) is 5.75 Å². The second-order valence-corrected chi connectivity index (χ2v) is 10.1. The van der Waals surface area contributed by atoms with Crippen molar-refractivity contribution in [2.24, 2.45) is 5.92 Å². The van der Waals surface area contributed by atoms with Crippen LogP contribution in [0.25, 0.3) is 0 Å². The molecule has 2 aromatic rings. The number of aliphatic hydroxyl groups excluding tert-OH is 1. The molecule has 2 aliphatic rings. The number of Topliss-reactive ketones (excluding diaryl/α,β-unsaturated/α-hetero) is 1. The summed E-state index contributed by atoms with van der Waals surface area (Å²) < 4.78 is 6.08. The lowest BCUT2D eigenvalue weighted by atomic mass is 9.87. The van der Waals surface area contributed by atoms with Crippen LogP contribution in [0, 0.1) is 12.8 Å². The van der Waals surface area contributed by atoms with E-state index in [9.17, 15) is 9.90 Å². The third-order valence-electron chi connectivity index (χ3n) is 6.50. The Kier molecular flexibility index (Phi) is 6.91. The molecular formula is C25H33NO3S. The number of aliphatic hydroxyl groups is 1. The monoisotopic (exact) mass is 427 g/mol. The Bertz CT molecular complexity index is 860. The summed E-state index contributed by atoms with van der Waals surface area (Å²) >= 11 is 1.75. The molecule has 4 nitrogen and oxygen atoms in total. The predicted octanol–water partition coefficient (Wildman–Crippen LogP) is 4.70. The normalized spacial score (nSPS) is 26.0. The van der Waals surface area contributed by atoms with Crippen LogP contribution in [0.2, 0.25) is 0 Å². The van der Waals surface area contributed by atoms with Gasteiger partial charge in [-0.1, -0.05) is 25.5 Å². The molecule has 0 aliphatic heterocycles. The Morgan fingerprint density at radius 2 is 2.00 bits per heavy atom. The zero-order chi connectivity index (χ0) is 21.1. The molecule has 0 amide bonds. The SMILES string of the molecule is CCCCc1ccc(O[C@@H]2CC[C@@H](NCC3CCc4sc(C)cc4C3=O)[C@H]2O)cc1. The molecule has 1 aromatic heterocycles. The molecule has 0 radical (unpaired) electrons. The second-order valence-electron chi connectivity index (χ2n) is 8.78. The Hall–Kier alpha value is -1.69. The number of rotatable bonds is 8. The predicted molar refractivity (Wildman–Crippen MR) is 122 cm³/mol. The van der Waals surface area contributed by atoms with Crippen LogP contribution in [0.5, 0.6) is 5.75 Å². The van der Waals surface area contributed by atoms with E-state index in [-0.39, 0.29) is 23.8 Å². The molecule has 0 spiro atoms. The van der Waals surface area contributed by atoms with E-state index in [1.54, 1.807) is 11.3 Å². The quantitative estimate of drug-likeness (QED) is 0.641. The molecule has 2 aliphatic carbocycles. The van der Waals surface area contributed by atoms with Gasteiger partial charge in [-0.05, 0) is 69.2 Å². The van der Waals surface area contributed by atoms with E-state index in [0.29, 0.717) is 6.54 Å². The van der Waals surface area contributed by atoms with Gasteiger partial charge in [-0.2, -0.15) is 0 Å². The van der Waals surface area contributed by atoms with Crippen molar-refractivity contribution in [3.63, 3.8) is 0 Å². The van der Waals surface area contributed by atoms with Crippen LogP contribution < -0.4 is 10.1 Å². The van der Waals surface area contributed by atoms with Crippen molar-refractivity contribution in [1.82, 2.24) is 5.32 Å². The number of hydrogen-bond acceptors (Lipinski definition) is 5. The van der Waals surface area contributed by atoms with Crippen LogP contribution in [-0.2, 0) is 12.8 Å². The van der Waals surface area contributed by atoms with Gasteiger partial charge in [-0.15, -0.1) is 11.3 Å². The van der Waals surface area contributed by atoms with Crippen LogP contribution in [0.4, 0.5) is 0 Å². The number of hydrogen-bond donors (Lipinski definition) is 2. The van der Waals surface area contributed by atoms with Crippen molar-refractivity contribution in [2.45, 2.75) is 77.0 Å². The first kappa shape index (κ1) is 21.5. The summed E-state index contributed by atoms with van der Waals surface area (Å²) in [5.74, 6) is 1.09. The minimum Gasteiger partial charge on any atom is -0.488 e. The molecule has 1 heterocycles. The molecule has 0 bridgehead atoms. The summed E-state index contributed by atoms with van der Waals surface area (Å²) in [6.07, 6.45) is 6.31. The van der Waals surface area contributed by atoms with Gasteiger partial charge in [0, 0.05) is 33.8 Å². The number of carbonyl (C=O) groups is 1. The summed E-state index contributed by atoms with van der Waals surface area (Å²) in [6.45, 7) is 4.90. The number of ketones is 1. The van der Waals surface area contributed by atoms with Gasteiger partial charge in [0.2, 0.25) is 0 Å². The zero-order valence-electron chi connectivity index (χ0n) is 18.0. The Balaban J connectivity index is 1.27. The van der Waals surface area contributed by atoms with Gasteiger partial charge in [0.1, 0.15) is 18.0 Å². The van der Waals surface area contributed by atoms with Crippen LogP contribution in [-0.4, -0.2) is 35.7 Å². The number of benzene rings is 1. The summed E-state index contributed by atoms with van der Waals surface area (Å²) in [5.41, 5.74) is 2.25. The van der Waals surface area contributed by atoms with Gasteiger partial charge in [-0.25, -0.2) is 0 Å². The van der Waals surface area contributed by atoms with Crippen LogP contribution in [0.3, 0.4) is 0 Å². The van der Waals surface area contributed by atoms with Gasteiger partial charge in [0.15, 0.2) is 5.78 Å². The highest BCUT2D eigenvalue weighted by Gasteiger charge is 2.37. The first-order valence-electron chi connectivity index (χ1n) is 11.4. The van der Waals surface area contributed by atoms with Crippen LogP contribution in [0.1, 0.15) is 64.7 Å². The van der Waals surface area contributed by atoms with Crippen LogP contribution in [0.15, 0.2) is 30.3 Å². The largest absolute Gasteiger partial charge is 0.488 e. The van der Waals surface area contributed by atoms with Crippen molar-refractivity contribution in [2.75, 3.05) is 6.54 Å². The van der Waals surface area contributed by atoms with E-state index in [1.165, 1.54) is 28.2 Å². The smallest absolute Gasteiger partial charge is 0.168 e.